The molecule has 3 rings (SSSR count). The van der Waals surface area contributed by atoms with Crippen LogP contribution in [0.1, 0.15) is 18.4 Å². The van der Waals surface area contributed by atoms with Crippen molar-refractivity contribution >= 4 is 11.8 Å². The summed E-state index contributed by atoms with van der Waals surface area (Å²) < 4.78 is 0. The summed E-state index contributed by atoms with van der Waals surface area (Å²) in [6.45, 7) is 12.3. The van der Waals surface area contributed by atoms with Crippen molar-refractivity contribution in [2.45, 2.75) is 12.8 Å². The summed E-state index contributed by atoms with van der Waals surface area (Å²) in [6, 6.07) is 8.78. The fourth-order valence-electron chi connectivity index (χ4n) is 3.45. The van der Waals surface area contributed by atoms with Crippen molar-refractivity contribution < 1.29 is 0 Å². The maximum atomic E-state index is 3.82. The fourth-order valence-corrected chi connectivity index (χ4v) is 3.45. The third-order valence-electron chi connectivity index (χ3n) is 4.83. The van der Waals surface area contributed by atoms with Gasteiger partial charge in [-0.2, -0.15) is 0 Å². The molecule has 0 atom stereocenters. The Morgan fingerprint density at radius 3 is 2.33 bits per heavy atom. The molecule has 1 aromatic carbocycles. The number of hydrogen-bond acceptors (Lipinski definition) is 3. The van der Waals surface area contributed by atoms with Gasteiger partial charge in [0.15, 0.2) is 0 Å². The van der Waals surface area contributed by atoms with Crippen LogP contribution in [0.25, 0.3) is 6.08 Å². The van der Waals surface area contributed by atoms with Gasteiger partial charge in [0.2, 0.25) is 0 Å². The van der Waals surface area contributed by atoms with Crippen LogP contribution < -0.4 is 10.2 Å². The number of rotatable bonds is 4. The van der Waals surface area contributed by atoms with Gasteiger partial charge < -0.3 is 15.1 Å². The highest BCUT2D eigenvalue weighted by molar-refractivity contribution is 5.55. The van der Waals surface area contributed by atoms with Crippen molar-refractivity contribution in [2.75, 3.05) is 50.7 Å². The molecule has 0 radical (unpaired) electrons. The lowest BCUT2D eigenvalue weighted by Gasteiger charge is -2.37. The lowest BCUT2D eigenvalue weighted by Crippen LogP contribution is -2.46. The SMILES string of the molecule is C=Cc1ccc(N2CCC(CN3CCNCC3)CC2)cc1. The minimum absolute atomic E-state index is 0.881. The lowest BCUT2D eigenvalue weighted by molar-refractivity contribution is 0.190. The van der Waals surface area contributed by atoms with Crippen LogP contribution in [0.2, 0.25) is 0 Å². The third kappa shape index (κ3) is 3.86. The molecule has 3 heteroatoms. The van der Waals surface area contributed by atoms with Crippen molar-refractivity contribution in [3.8, 4) is 0 Å². The van der Waals surface area contributed by atoms with Gasteiger partial charge in [0, 0.05) is 51.5 Å². The minimum Gasteiger partial charge on any atom is -0.372 e. The van der Waals surface area contributed by atoms with Crippen LogP contribution in [0.15, 0.2) is 30.8 Å². The Kier molecular flexibility index (Phi) is 4.94. The van der Waals surface area contributed by atoms with E-state index in [0.29, 0.717) is 0 Å². The molecule has 2 aliphatic rings. The first kappa shape index (κ1) is 14.6. The molecule has 0 spiro atoms. The van der Waals surface area contributed by atoms with E-state index in [-0.39, 0.29) is 0 Å². The molecule has 0 unspecified atom stereocenters. The molecule has 0 amide bonds. The number of benzene rings is 1. The maximum Gasteiger partial charge on any atom is 0.0366 e. The second kappa shape index (κ2) is 7.10. The molecule has 0 aliphatic carbocycles. The van der Waals surface area contributed by atoms with E-state index in [2.05, 4.69) is 46.0 Å². The van der Waals surface area contributed by atoms with E-state index in [0.717, 1.165) is 19.0 Å². The standard InChI is InChI=1S/C18H27N3/c1-2-16-3-5-18(6-4-16)21-11-7-17(8-12-21)15-20-13-9-19-10-14-20/h2-6,17,19H,1,7-15H2. The second-order valence-electron chi connectivity index (χ2n) is 6.28. The monoisotopic (exact) mass is 285 g/mol. The molecule has 2 heterocycles. The van der Waals surface area contributed by atoms with Gasteiger partial charge in [-0.25, -0.2) is 0 Å². The molecule has 114 valence electrons. The molecule has 2 saturated heterocycles. The molecular weight excluding hydrogens is 258 g/mol. The van der Waals surface area contributed by atoms with Crippen LogP contribution in [0, 0.1) is 5.92 Å². The maximum absolute atomic E-state index is 3.82. The van der Waals surface area contributed by atoms with E-state index in [1.165, 1.54) is 56.8 Å². The highest BCUT2D eigenvalue weighted by atomic mass is 15.2. The summed E-state index contributed by atoms with van der Waals surface area (Å²) >= 11 is 0. The summed E-state index contributed by atoms with van der Waals surface area (Å²) in [5.74, 6) is 0.881. The van der Waals surface area contributed by atoms with E-state index in [4.69, 9.17) is 0 Å². The van der Waals surface area contributed by atoms with E-state index in [9.17, 15) is 0 Å². The zero-order valence-corrected chi connectivity index (χ0v) is 12.9. The molecule has 2 fully saturated rings. The van der Waals surface area contributed by atoms with Gasteiger partial charge in [-0.1, -0.05) is 24.8 Å². The number of hydrogen-bond donors (Lipinski definition) is 1. The molecule has 0 saturated carbocycles. The highest BCUT2D eigenvalue weighted by Gasteiger charge is 2.22. The minimum atomic E-state index is 0.881. The number of piperidine rings is 1. The fraction of sp³-hybridized carbons (Fsp3) is 0.556. The van der Waals surface area contributed by atoms with Crippen LogP contribution in [0.3, 0.4) is 0 Å². The van der Waals surface area contributed by atoms with Crippen molar-refractivity contribution in [3.05, 3.63) is 36.4 Å². The molecule has 0 bridgehead atoms. The van der Waals surface area contributed by atoms with E-state index < -0.39 is 0 Å². The van der Waals surface area contributed by atoms with Crippen molar-refractivity contribution in [1.82, 2.24) is 10.2 Å². The van der Waals surface area contributed by atoms with Crippen molar-refractivity contribution in [3.63, 3.8) is 0 Å². The molecule has 1 aromatic rings. The van der Waals surface area contributed by atoms with Gasteiger partial charge >= 0.3 is 0 Å². The number of piperazine rings is 1. The largest absolute Gasteiger partial charge is 0.372 e. The molecule has 2 aliphatic heterocycles. The number of anilines is 1. The van der Waals surface area contributed by atoms with Crippen molar-refractivity contribution in [2.24, 2.45) is 5.92 Å². The van der Waals surface area contributed by atoms with E-state index >= 15 is 0 Å². The smallest absolute Gasteiger partial charge is 0.0366 e. The van der Waals surface area contributed by atoms with Crippen LogP contribution in [0.5, 0.6) is 0 Å². The molecule has 0 aromatic heterocycles. The lowest BCUT2D eigenvalue weighted by atomic mass is 9.95. The van der Waals surface area contributed by atoms with Gasteiger partial charge in [0.25, 0.3) is 0 Å². The van der Waals surface area contributed by atoms with Gasteiger partial charge in [-0.15, -0.1) is 0 Å². The number of nitrogens with zero attached hydrogens (tertiary/aromatic N) is 2. The van der Waals surface area contributed by atoms with Gasteiger partial charge in [-0.3, -0.25) is 0 Å². The first-order valence-corrected chi connectivity index (χ1v) is 8.25. The summed E-state index contributed by atoms with van der Waals surface area (Å²) in [7, 11) is 0. The molecule has 3 nitrogen and oxygen atoms in total. The Bertz CT molecular complexity index is 440. The first-order chi connectivity index (χ1) is 10.3. The Morgan fingerprint density at radius 1 is 1.05 bits per heavy atom. The topological polar surface area (TPSA) is 18.5 Å². The second-order valence-corrected chi connectivity index (χ2v) is 6.28. The highest BCUT2D eigenvalue weighted by Crippen LogP contribution is 2.24. The van der Waals surface area contributed by atoms with Crippen LogP contribution in [0.4, 0.5) is 5.69 Å². The number of nitrogens with one attached hydrogen (secondary N) is 1. The van der Waals surface area contributed by atoms with Crippen LogP contribution in [-0.2, 0) is 0 Å². The zero-order valence-electron chi connectivity index (χ0n) is 12.9. The molecular formula is C18H27N3. The average molecular weight is 285 g/mol. The summed E-state index contributed by atoms with van der Waals surface area (Å²) in [4.78, 5) is 5.16. The normalized spacial score (nSPS) is 21.4. The Morgan fingerprint density at radius 2 is 1.71 bits per heavy atom. The third-order valence-corrected chi connectivity index (χ3v) is 4.83. The Balaban J connectivity index is 1.48. The first-order valence-electron chi connectivity index (χ1n) is 8.25. The summed E-state index contributed by atoms with van der Waals surface area (Å²) in [6.07, 6.45) is 4.56. The molecule has 1 N–H and O–H groups in total. The predicted molar refractivity (Wildman–Crippen MR) is 90.8 cm³/mol. The van der Waals surface area contributed by atoms with Gasteiger partial charge in [0.05, 0.1) is 0 Å². The summed E-state index contributed by atoms with van der Waals surface area (Å²) in [5.41, 5.74) is 2.56. The zero-order chi connectivity index (χ0) is 14.5. The van der Waals surface area contributed by atoms with Crippen LogP contribution >= 0.6 is 0 Å². The summed E-state index contributed by atoms with van der Waals surface area (Å²) in [5, 5.41) is 3.43. The predicted octanol–water partition coefficient (Wildman–Crippen LogP) is 2.45. The quantitative estimate of drug-likeness (QED) is 0.917. The van der Waals surface area contributed by atoms with E-state index in [1.807, 2.05) is 6.08 Å². The van der Waals surface area contributed by atoms with Crippen LogP contribution in [-0.4, -0.2) is 50.7 Å². The van der Waals surface area contributed by atoms with Gasteiger partial charge in [-0.05, 0) is 36.5 Å². The average Bonchev–Trinajstić information content (AvgIpc) is 2.57. The van der Waals surface area contributed by atoms with E-state index in [1.54, 1.807) is 0 Å². The Hall–Kier alpha value is -1.32. The van der Waals surface area contributed by atoms with Crippen molar-refractivity contribution in [1.29, 1.82) is 0 Å². The Labute approximate surface area is 128 Å². The van der Waals surface area contributed by atoms with Gasteiger partial charge in [0.1, 0.15) is 0 Å². The molecule has 21 heavy (non-hydrogen) atoms.